The average molecular weight is 238 g/mol. The van der Waals surface area contributed by atoms with Crippen molar-refractivity contribution in [2.75, 3.05) is 12.1 Å². The lowest BCUT2D eigenvalue weighted by atomic mass is 10.5. The van der Waals surface area contributed by atoms with Gasteiger partial charge in [-0.3, -0.25) is 10.1 Å². The quantitative estimate of drug-likeness (QED) is 0.534. The normalized spacial score (nSPS) is 14.8. The minimum absolute atomic E-state index is 0.105. The standard InChI is InChI=1S/C7H14N2O3S2/c1-4(10)5(8)13-3-14-6(9-2)7(11)12/h5-6,9H,3,8H2,1-2H3,(H,11,12). The first-order valence-corrected chi connectivity index (χ1v) is 5.98. The molecule has 0 aliphatic rings. The van der Waals surface area contributed by atoms with Gasteiger partial charge >= 0.3 is 5.97 Å². The van der Waals surface area contributed by atoms with Gasteiger partial charge in [-0.15, -0.1) is 23.5 Å². The fourth-order valence-electron chi connectivity index (χ4n) is 0.576. The number of carboxylic acid groups (broad SMARTS) is 1. The van der Waals surface area contributed by atoms with Crippen molar-refractivity contribution in [3.8, 4) is 0 Å². The molecule has 7 heteroatoms. The maximum atomic E-state index is 10.7. The molecule has 2 atom stereocenters. The van der Waals surface area contributed by atoms with Crippen LogP contribution in [0.3, 0.4) is 0 Å². The van der Waals surface area contributed by atoms with Gasteiger partial charge in [0.25, 0.3) is 0 Å². The number of rotatable bonds is 7. The second kappa shape index (κ2) is 7.10. The van der Waals surface area contributed by atoms with Crippen LogP contribution in [0.5, 0.6) is 0 Å². The number of hydrogen-bond donors (Lipinski definition) is 3. The number of thioether (sulfide) groups is 2. The summed E-state index contributed by atoms with van der Waals surface area (Å²) in [5, 5.41) is 10.5. The first-order chi connectivity index (χ1) is 6.49. The van der Waals surface area contributed by atoms with E-state index in [0.29, 0.717) is 5.08 Å². The van der Waals surface area contributed by atoms with Crippen molar-refractivity contribution in [3.05, 3.63) is 0 Å². The largest absolute Gasteiger partial charge is 0.479 e. The van der Waals surface area contributed by atoms with Crippen LogP contribution in [0.4, 0.5) is 0 Å². The van der Waals surface area contributed by atoms with Crippen molar-refractivity contribution in [3.63, 3.8) is 0 Å². The molecule has 82 valence electrons. The Morgan fingerprint density at radius 1 is 1.50 bits per heavy atom. The van der Waals surface area contributed by atoms with Gasteiger partial charge in [-0.1, -0.05) is 0 Å². The lowest BCUT2D eigenvalue weighted by molar-refractivity contribution is -0.136. The number of carbonyl (C=O) groups is 2. The zero-order valence-electron chi connectivity index (χ0n) is 8.02. The number of Topliss-reactive ketones (excluding diaryl/α,β-unsaturated/α-hetero) is 1. The predicted molar refractivity (Wildman–Crippen MR) is 59.2 cm³/mol. The van der Waals surface area contributed by atoms with Gasteiger partial charge in [0.2, 0.25) is 0 Å². The van der Waals surface area contributed by atoms with Gasteiger partial charge in [0, 0.05) is 5.08 Å². The summed E-state index contributed by atoms with van der Waals surface area (Å²) in [6.07, 6.45) is 0. The van der Waals surface area contributed by atoms with Crippen molar-refractivity contribution in [1.29, 1.82) is 0 Å². The van der Waals surface area contributed by atoms with Gasteiger partial charge in [0.15, 0.2) is 11.2 Å². The first kappa shape index (κ1) is 13.8. The lowest BCUT2D eigenvalue weighted by Gasteiger charge is -2.11. The summed E-state index contributed by atoms with van der Waals surface area (Å²) in [6, 6.07) is 0. The molecule has 0 rings (SSSR count). The van der Waals surface area contributed by atoms with Crippen molar-refractivity contribution < 1.29 is 14.7 Å². The van der Waals surface area contributed by atoms with E-state index in [-0.39, 0.29) is 5.78 Å². The minimum Gasteiger partial charge on any atom is -0.479 e. The van der Waals surface area contributed by atoms with Crippen LogP contribution >= 0.6 is 23.5 Å². The highest BCUT2D eigenvalue weighted by Gasteiger charge is 2.16. The summed E-state index contributed by atoms with van der Waals surface area (Å²) in [4.78, 5) is 21.3. The number of likely N-dealkylation sites (N-methyl/N-ethyl adjacent to an activating group) is 1. The molecule has 0 heterocycles. The number of nitrogens with one attached hydrogen (secondary N) is 1. The maximum Gasteiger partial charge on any atom is 0.331 e. The van der Waals surface area contributed by atoms with Crippen LogP contribution in [0.1, 0.15) is 6.92 Å². The molecule has 4 N–H and O–H groups in total. The summed E-state index contributed by atoms with van der Waals surface area (Å²) in [5.74, 6) is -1.03. The van der Waals surface area contributed by atoms with Gasteiger partial charge < -0.3 is 10.8 Å². The molecule has 0 amide bonds. The van der Waals surface area contributed by atoms with E-state index in [4.69, 9.17) is 10.8 Å². The highest BCUT2D eigenvalue weighted by Crippen LogP contribution is 2.18. The van der Waals surface area contributed by atoms with Gasteiger partial charge in [-0.25, -0.2) is 4.79 Å². The molecule has 0 bridgehead atoms. The van der Waals surface area contributed by atoms with Crippen LogP contribution in [0.15, 0.2) is 0 Å². The fourth-order valence-corrected chi connectivity index (χ4v) is 2.57. The SMILES string of the molecule is CNC(SCSC(N)C(C)=O)C(=O)O. The van der Waals surface area contributed by atoms with Crippen LogP contribution < -0.4 is 11.1 Å². The smallest absolute Gasteiger partial charge is 0.331 e. The van der Waals surface area contributed by atoms with E-state index in [9.17, 15) is 9.59 Å². The van der Waals surface area contributed by atoms with E-state index in [0.717, 1.165) is 0 Å². The van der Waals surface area contributed by atoms with Crippen LogP contribution in [0.25, 0.3) is 0 Å². The summed E-state index contributed by atoms with van der Waals surface area (Å²) >= 11 is 2.43. The zero-order valence-corrected chi connectivity index (χ0v) is 9.65. The average Bonchev–Trinajstić information content (AvgIpc) is 2.11. The van der Waals surface area contributed by atoms with Gasteiger partial charge in [0.1, 0.15) is 5.37 Å². The molecule has 5 nitrogen and oxygen atoms in total. The predicted octanol–water partition coefficient (Wildman–Crippen LogP) is -0.0858. The van der Waals surface area contributed by atoms with Crippen LogP contribution in [0, 0.1) is 0 Å². The van der Waals surface area contributed by atoms with E-state index in [1.807, 2.05) is 0 Å². The number of carboxylic acids is 1. The highest BCUT2D eigenvalue weighted by atomic mass is 32.2. The van der Waals surface area contributed by atoms with Gasteiger partial charge in [0.05, 0.1) is 0 Å². The van der Waals surface area contributed by atoms with E-state index >= 15 is 0 Å². The molecule has 0 aromatic carbocycles. The summed E-state index contributed by atoms with van der Waals surface area (Å²) in [5.41, 5.74) is 5.45. The lowest BCUT2D eigenvalue weighted by Crippen LogP contribution is -2.31. The summed E-state index contributed by atoms with van der Waals surface area (Å²) in [6.45, 7) is 1.41. The van der Waals surface area contributed by atoms with E-state index in [1.54, 1.807) is 7.05 Å². The molecule has 2 unspecified atom stereocenters. The molecular weight excluding hydrogens is 224 g/mol. The number of hydrogen-bond acceptors (Lipinski definition) is 6. The van der Waals surface area contributed by atoms with E-state index in [2.05, 4.69) is 5.32 Å². The minimum atomic E-state index is -0.922. The van der Waals surface area contributed by atoms with Gasteiger partial charge in [-0.2, -0.15) is 0 Å². The maximum absolute atomic E-state index is 10.7. The van der Waals surface area contributed by atoms with Crippen molar-refractivity contribution in [2.24, 2.45) is 5.73 Å². The van der Waals surface area contributed by atoms with Crippen molar-refractivity contribution >= 4 is 35.3 Å². The molecule has 0 fully saturated rings. The van der Waals surface area contributed by atoms with Crippen molar-refractivity contribution in [1.82, 2.24) is 5.32 Å². The Balaban J connectivity index is 3.71. The Bertz CT molecular complexity index is 213. The highest BCUT2D eigenvalue weighted by molar-refractivity contribution is 8.17. The Morgan fingerprint density at radius 2 is 2.07 bits per heavy atom. The molecule has 0 aromatic heterocycles. The number of aliphatic carboxylic acids is 1. The fraction of sp³-hybridized carbons (Fsp3) is 0.714. The van der Waals surface area contributed by atoms with Crippen molar-refractivity contribution in [2.45, 2.75) is 17.7 Å². The Labute approximate surface area is 91.2 Å². The summed E-state index contributed by atoms with van der Waals surface area (Å²) < 4.78 is 0. The molecule has 0 saturated carbocycles. The number of ketones is 1. The molecule has 14 heavy (non-hydrogen) atoms. The Kier molecular flexibility index (Phi) is 6.98. The number of nitrogens with two attached hydrogens (primary N) is 1. The molecule has 0 aliphatic carbocycles. The molecular formula is C7H14N2O3S2. The topological polar surface area (TPSA) is 92.4 Å². The zero-order chi connectivity index (χ0) is 11.1. The Morgan fingerprint density at radius 3 is 2.43 bits per heavy atom. The third-order valence-electron chi connectivity index (χ3n) is 1.37. The number of carbonyl (C=O) groups excluding carboxylic acids is 1. The second-order valence-electron chi connectivity index (χ2n) is 2.49. The summed E-state index contributed by atoms with van der Waals surface area (Å²) in [7, 11) is 1.57. The molecule has 0 saturated heterocycles. The molecule has 0 aromatic rings. The van der Waals surface area contributed by atoms with E-state index < -0.39 is 16.7 Å². The molecule has 0 aliphatic heterocycles. The molecule has 0 spiro atoms. The second-order valence-corrected chi connectivity index (χ2v) is 5.08. The van der Waals surface area contributed by atoms with Crippen LogP contribution in [-0.4, -0.2) is 39.7 Å². The van der Waals surface area contributed by atoms with Crippen LogP contribution in [-0.2, 0) is 9.59 Å². The van der Waals surface area contributed by atoms with Gasteiger partial charge in [-0.05, 0) is 14.0 Å². The first-order valence-electron chi connectivity index (χ1n) is 3.88. The third kappa shape index (κ3) is 5.48. The van der Waals surface area contributed by atoms with Crippen LogP contribution in [0.2, 0.25) is 0 Å². The molecule has 0 radical (unpaired) electrons. The third-order valence-corrected chi connectivity index (χ3v) is 3.92. The van der Waals surface area contributed by atoms with E-state index in [1.165, 1.54) is 30.4 Å². The Hall–Kier alpha value is -0.240. The monoisotopic (exact) mass is 238 g/mol.